The van der Waals surface area contributed by atoms with Gasteiger partial charge < -0.3 is 5.32 Å². The van der Waals surface area contributed by atoms with Crippen LogP contribution < -0.4 is 5.32 Å². The topological polar surface area (TPSA) is 65.8 Å². The number of nitriles is 1. The average molecular weight is 276 g/mol. The van der Waals surface area contributed by atoms with Crippen molar-refractivity contribution in [2.24, 2.45) is 0 Å². The van der Waals surface area contributed by atoms with Crippen molar-refractivity contribution < 1.29 is 9.18 Å². The predicted octanol–water partition coefficient (Wildman–Crippen LogP) is 3.00. The Morgan fingerprint density at radius 1 is 1.42 bits per heavy atom. The molecule has 2 aromatic rings. The molecule has 0 atom stereocenters. The van der Waals surface area contributed by atoms with Crippen LogP contribution in [0.25, 0.3) is 0 Å². The Bertz CT molecular complexity index is 682. The first-order valence-electron chi connectivity index (χ1n) is 5.23. The van der Waals surface area contributed by atoms with E-state index in [9.17, 15) is 9.18 Å². The van der Waals surface area contributed by atoms with Gasteiger partial charge in [-0.2, -0.15) is 5.26 Å². The summed E-state index contributed by atoms with van der Waals surface area (Å²) in [4.78, 5) is 15.7. The molecule has 0 fully saturated rings. The van der Waals surface area contributed by atoms with E-state index in [4.69, 9.17) is 16.9 Å². The van der Waals surface area contributed by atoms with E-state index < -0.39 is 11.7 Å². The van der Waals surface area contributed by atoms with Crippen molar-refractivity contribution in [1.82, 2.24) is 4.98 Å². The fraction of sp³-hybridized carbons (Fsp3) is 0. The van der Waals surface area contributed by atoms with Gasteiger partial charge in [0.15, 0.2) is 0 Å². The summed E-state index contributed by atoms with van der Waals surface area (Å²) in [7, 11) is 0. The number of carbonyl (C=O) groups is 1. The molecule has 0 unspecified atom stereocenters. The molecule has 0 aliphatic rings. The van der Waals surface area contributed by atoms with E-state index in [1.54, 1.807) is 12.1 Å². The van der Waals surface area contributed by atoms with Gasteiger partial charge in [0.2, 0.25) is 0 Å². The lowest BCUT2D eigenvalue weighted by Crippen LogP contribution is -2.13. The summed E-state index contributed by atoms with van der Waals surface area (Å²) in [5, 5.41) is 11.4. The molecule has 1 aromatic carbocycles. The molecule has 0 saturated carbocycles. The van der Waals surface area contributed by atoms with Gasteiger partial charge >= 0.3 is 0 Å². The number of amides is 1. The molecule has 0 aliphatic carbocycles. The quantitative estimate of drug-likeness (QED) is 0.857. The Balaban J connectivity index is 2.30. The van der Waals surface area contributed by atoms with Crippen LogP contribution in [0.5, 0.6) is 0 Å². The standard InChI is InChI=1S/C13H7ClFN3O/c14-12-10(2-1-5-17-12)13(19)18-11-4-3-9(15)6-8(11)7-16/h1-6H,(H,18,19). The van der Waals surface area contributed by atoms with Crippen molar-refractivity contribution in [2.45, 2.75) is 0 Å². The van der Waals surface area contributed by atoms with Crippen LogP contribution in [0.15, 0.2) is 36.5 Å². The Kier molecular flexibility index (Phi) is 3.74. The molecule has 0 bridgehead atoms. The molecule has 1 heterocycles. The summed E-state index contributed by atoms with van der Waals surface area (Å²) < 4.78 is 13.0. The molecule has 0 saturated heterocycles. The first-order valence-corrected chi connectivity index (χ1v) is 5.61. The highest BCUT2D eigenvalue weighted by Crippen LogP contribution is 2.19. The number of rotatable bonds is 2. The molecule has 1 N–H and O–H groups in total. The SMILES string of the molecule is N#Cc1cc(F)ccc1NC(=O)c1cccnc1Cl. The van der Waals surface area contributed by atoms with Gasteiger partial charge in [0.05, 0.1) is 16.8 Å². The fourth-order valence-electron chi connectivity index (χ4n) is 1.46. The Labute approximate surface area is 113 Å². The van der Waals surface area contributed by atoms with Crippen molar-refractivity contribution in [3.05, 3.63) is 58.6 Å². The van der Waals surface area contributed by atoms with E-state index in [1.807, 2.05) is 0 Å². The largest absolute Gasteiger partial charge is 0.321 e. The summed E-state index contributed by atoms with van der Waals surface area (Å²) in [6.45, 7) is 0. The van der Waals surface area contributed by atoms with Gasteiger partial charge in [-0.1, -0.05) is 11.6 Å². The molecule has 4 nitrogen and oxygen atoms in total. The summed E-state index contributed by atoms with van der Waals surface area (Å²) in [6, 6.07) is 8.38. The first-order chi connectivity index (χ1) is 9.11. The average Bonchev–Trinajstić information content (AvgIpc) is 2.41. The molecule has 94 valence electrons. The van der Waals surface area contributed by atoms with Crippen LogP contribution in [0, 0.1) is 17.1 Å². The minimum Gasteiger partial charge on any atom is -0.321 e. The summed E-state index contributed by atoms with van der Waals surface area (Å²) >= 11 is 5.79. The number of carbonyl (C=O) groups excluding carboxylic acids is 1. The normalized spacial score (nSPS) is 9.74. The Hall–Kier alpha value is -2.45. The van der Waals surface area contributed by atoms with Crippen LogP contribution in [-0.2, 0) is 0 Å². The molecule has 1 aromatic heterocycles. The second-order valence-electron chi connectivity index (χ2n) is 3.60. The number of pyridine rings is 1. The molecule has 0 radical (unpaired) electrons. The van der Waals surface area contributed by atoms with Crippen LogP contribution in [0.4, 0.5) is 10.1 Å². The monoisotopic (exact) mass is 275 g/mol. The third kappa shape index (κ3) is 2.87. The summed E-state index contributed by atoms with van der Waals surface area (Å²) in [5.41, 5.74) is 0.430. The third-order valence-corrected chi connectivity index (χ3v) is 2.66. The number of nitrogens with one attached hydrogen (secondary N) is 1. The van der Waals surface area contributed by atoms with Crippen LogP contribution in [0.2, 0.25) is 5.15 Å². The number of hydrogen-bond donors (Lipinski definition) is 1. The minimum atomic E-state index is -0.547. The van der Waals surface area contributed by atoms with Crippen molar-refractivity contribution in [3.8, 4) is 6.07 Å². The van der Waals surface area contributed by atoms with Crippen molar-refractivity contribution in [3.63, 3.8) is 0 Å². The molecule has 0 spiro atoms. The van der Waals surface area contributed by atoms with Crippen LogP contribution in [0.1, 0.15) is 15.9 Å². The lowest BCUT2D eigenvalue weighted by Gasteiger charge is -2.07. The molecule has 6 heteroatoms. The second-order valence-corrected chi connectivity index (χ2v) is 3.96. The van der Waals surface area contributed by atoms with Gasteiger partial charge in [0.25, 0.3) is 5.91 Å². The molecular formula is C13H7ClFN3O. The maximum atomic E-state index is 13.0. The van der Waals surface area contributed by atoms with Gasteiger partial charge in [0, 0.05) is 6.20 Å². The number of benzene rings is 1. The van der Waals surface area contributed by atoms with E-state index in [0.29, 0.717) is 0 Å². The number of aromatic nitrogens is 1. The van der Waals surface area contributed by atoms with Gasteiger partial charge in [-0.3, -0.25) is 4.79 Å². The van der Waals surface area contributed by atoms with E-state index in [0.717, 1.165) is 12.1 Å². The second kappa shape index (κ2) is 5.46. The van der Waals surface area contributed by atoms with E-state index >= 15 is 0 Å². The van der Waals surface area contributed by atoms with Crippen LogP contribution in [-0.4, -0.2) is 10.9 Å². The van der Waals surface area contributed by atoms with Gasteiger partial charge in [0.1, 0.15) is 17.0 Å². The number of hydrogen-bond acceptors (Lipinski definition) is 3. The predicted molar refractivity (Wildman–Crippen MR) is 68.3 cm³/mol. The zero-order chi connectivity index (χ0) is 13.8. The first kappa shape index (κ1) is 13.0. The Morgan fingerprint density at radius 3 is 2.89 bits per heavy atom. The van der Waals surface area contributed by atoms with Crippen LogP contribution in [0.3, 0.4) is 0 Å². The smallest absolute Gasteiger partial charge is 0.258 e. The minimum absolute atomic E-state index is 0.0355. The zero-order valence-corrected chi connectivity index (χ0v) is 10.3. The molecule has 2 rings (SSSR count). The van der Waals surface area contributed by atoms with E-state index in [1.165, 1.54) is 18.3 Å². The number of nitrogens with zero attached hydrogens (tertiary/aromatic N) is 2. The van der Waals surface area contributed by atoms with Gasteiger partial charge in [-0.15, -0.1) is 0 Å². The highest BCUT2D eigenvalue weighted by molar-refractivity contribution is 6.33. The maximum absolute atomic E-state index is 13.0. The highest BCUT2D eigenvalue weighted by Gasteiger charge is 2.13. The van der Waals surface area contributed by atoms with Crippen molar-refractivity contribution in [1.29, 1.82) is 5.26 Å². The van der Waals surface area contributed by atoms with E-state index in [-0.39, 0.29) is 22.0 Å². The fourth-order valence-corrected chi connectivity index (χ4v) is 1.67. The highest BCUT2D eigenvalue weighted by atomic mass is 35.5. The van der Waals surface area contributed by atoms with Crippen molar-refractivity contribution >= 4 is 23.2 Å². The summed E-state index contributed by atoms with van der Waals surface area (Å²) in [5.74, 6) is -1.06. The Morgan fingerprint density at radius 2 is 2.21 bits per heavy atom. The number of anilines is 1. The van der Waals surface area contributed by atoms with Crippen molar-refractivity contribution in [2.75, 3.05) is 5.32 Å². The molecule has 0 aliphatic heterocycles. The third-order valence-electron chi connectivity index (χ3n) is 2.35. The zero-order valence-electron chi connectivity index (χ0n) is 9.52. The van der Waals surface area contributed by atoms with E-state index in [2.05, 4.69) is 10.3 Å². The molecule has 19 heavy (non-hydrogen) atoms. The van der Waals surface area contributed by atoms with Gasteiger partial charge in [-0.25, -0.2) is 9.37 Å². The van der Waals surface area contributed by atoms with Gasteiger partial charge in [-0.05, 0) is 30.3 Å². The lowest BCUT2D eigenvalue weighted by molar-refractivity contribution is 0.102. The number of halogens is 2. The molecular weight excluding hydrogens is 269 g/mol. The maximum Gasteiger partial charge on any atom is 0.258 e. The van der Waals surface area contributed by atoms with Crippen LogP contribution >= 0.6 is 11.6 Å². The molecule has 1 amide bonds. The summed E-state index contributed by atoms with van der Waals surface area (Å²) in [6.07, 6.45) is 1.46. The lowest BCUT2D eigenvalue weighted by atomic mass is 10.1.